The van der Waals surface area contributed by atoms with Crippen LogP contribution in [0.4, 0.5) is 0 Å². The van der Waals surface area contributed by atoms with Gasteiger partial charge in [-0.05, 0) is 43.4 Å². The van der Waals surface area contributed by atoms with Crippen LogP contribution in [0.2, 0.25) is 0 Å². The standard InChI is InChI=1S/C24H30O3/c25-22-19-10-5-6-11-20(19)23(26)24(27)21(22)12-4-1-7-16-13-14-17-8-2-3-9-18(17)15-16/h5-6,10-11,16-18,27H,1-4,7-9,12-15H2. The topological polar surface area (TPSA) is 54.4 Å². The minimum absolute atomic E-state index is 0.176. The molecule has 0 aliphatic heterocycles. The molecule has 1 aromatic carbocycles. The Labute approximate surface area is 161 Å². The van der Waals surface area contributed by atoms with Crippen LogP contribution >= 0.6 is 0 Å². The van der Waals surface area contributed by atoms with E-state index in [9.17, 15) is 14.7 Å². The summed E-state index contributed by atoms with van der Waals surface area (Å²) in [5.41, 5.74) is 1.08. The SMILES string of the molecule is O=C1C(O)=C(CCCCC2CCC3CCCCC3C2)C(=O)c2ccccc21. The molecule has 0 radical (unpaired) electrons. The minimum atomic E-state index is -0.407. The van der Waals surface area contributed by atoms with Gasteiger partial charge < -0.3 is 5.11 Å². The van der Waals surface area contributed by atoms with Crippen molar-refractivity contribution in [1.29, 1.82) is 0 Å². The fourth-order valence-electron chi connectivity index (χ4n) is 5.61. The second-order valence-electron chi connectivity index (χ2n) is 8.76. The second kappa shape index (κ2) is 8.00. The summed E-state index contributed by atoms with van der Waals surface area (Å²) in [7, 11) is 0. The quantitative estimate of drug-likeness (QED) is 0.646. The molecule has 0 aromatic heterocycles. The summed E-state index contributed by atoms with van der Waals surface area (Å²) in [6.07, 6.45) is 13.5. The maximum Gasteiger partial charge on any atom is 0.228 e. The Balaban J connectivity index is 1.30. The van der Waals surface area contributed by atoms with E-state index in [1.54, 1.807) is 24.3 Å². The van der Waals surface area contributed by atoms with Crippen LogP contribution in [0, 0.1) is 17.8 Å². The summed E-state index contributed by atoms with van der Waals surface area (Å²) < 4.78 is 0. The van der Waals surface area contributed by atoms with Crippen LogP contribution in [0.15, 0.2) is 35.6 Å². The third-order valence-corrected chi connectivity index (χ3v) is 7.13. The molecule has 3 nitrogen and oxygen atoms in total. The zero-order valence-corrected chi connectivity index (χ0v) is 16.1. The van der Waals surface area contributed by atoms with Crippen molar-refractivity contribution in [3.8, 4) is 0 Å². The van der Waals surface area contributed by atoms with Crippen molar-refractivity contribution in [1.82, 2.24) is 0 Å². The molecule has 1 N–H and O–H groups in total. The minimum Gasteiger partial charge on any atom is -0.504 e. The van der Waals surface area contributed by atoms with Crippen molar-refractivity contribution in [2.24, 2.45) is 17.8 Å². The molecule has 0 heterocycles. The van der Waals surface area contributed by atoms with Crippen LogP contribution in [0.3, 0.4) is 0 Å². The molecule has 144 valence electrons. The molecule has 0 bridgehead atoms. The molecule has 3 heteroatoms. The highest BCUT2D eigenvalue weighted by Gasteiger charge is 2.33. The van der Waals surface area contributed by atoms with E-state index in [1.165, 1.54) is 51.4 Å². The lowest BCUT2D eigenvalue weighted by atomic mass is 9.67. The molecule has 27 heavy (non-hydrogen) atoms. The summed E-state index contributed by atoms with van der Waals surface area (Å²) in [5.74, 6) is 1.86. The molecule has 1 aromatic rings. The number of ketones is 2. The predicted octanol–water partition coefficient (Wildman–Crippen LogP) is 6.04. The van der Waals surface area contributed by atoms with Gasteiger partial charge in [0.2, 0.25) is 5.78 Å². The van der Waals surface area contributed by atoms with Crippen molar-refractivity contribution in [2.45, 2.75) is 70.6 Å². The molecule has 3 unspecified atom stereocenters. The van der Waals surface area contributed by atoms with Crippen LogP contribution in [0.1, 0.15) is 91.3 Å². The number of hydrogen-bond donors (Lipinski definition) is 1. The molecule has 3 atom stereocenters. The third-order valence-electron chi connectivity index (χ3n) is 7.13. The normalized spacial score (nSPS) is 28.1. The van der Waals surface area contributed by atoms with E-state index in [0.717, 1.165) is 30.6 Å². The maximum absolute atomic E-state index is 12.7. The van der Waals surface area contributed by atoms with Crippen molar-refractivity contribution >= 4 is 11.6 Å². The number of carbonyl (C=O) groups excluding carboxylic acids is 2. The van der Waals surface area contributed by atoms with Crippen LogP contribution in [-0.2, 0) is 0 Å². The number of carbonyl (C=O) groups is 2. The van der Waals surface area contributed by atoms with Gasteiger partial charge >= 0.3 is 0 Å². The summed E-state index contributed by atoms with van der Waals surface area (Å²) >= 11 is 0. The highest BCUT2D eigenvalue weighted by Crippen LogP contribution is 2.44. The van der Waals surface area contributed by atoms with E-state index in [-0.39, 0.29) is 11.5 Å². The number of fused-ring (bicyclic) bond motifs is 2. The molecule has 0 spiro atoms. The number of allylic oxidation sites excluding steroid dienone is 2. The van der Waals surface area contributed by atoms with E-state index >= 15 is 0 Å². The first-order valence-corrected chi connectivity index (χ1v) is 10.8. The van der Waals surface area contributed by atoms with Crippen LogP contribution < -0.4 is 0 Å². The van der Waals surface area contributed by atoms with Crippen LogP contribution in [0.25, 0.3) is 0 Å². The maximum atomic E-state index is 12.7. The number of Topliss-reactive ketones (excluding diaryl/α,β-unsaturated/α-hetero) is 2. The molecule has 0 saturated heterocycles. The molecule has 2 fully saturated rings. The third kappa shape index (κ3) is 3.74. The largest absolute Gasteiger partial charge is 0.504 e. The van der Waals surface area contributed by atoms with Gasteiger partial charge in [0.05, 0.1) is 0 Å². The van der Waals surface area contributed by atoms with Crippen LogP contribution in [0.5, 0.6) is 0 Å². The van der Waals surface area contributed by atoms with Gasteiger partial charge in [-0.25, -0.2) is 0 Å². The van der Waals surface area contributed by atoms with E-state index < -0.39 is 5.78 Å². The lowest BCUT2D eigenvalue weighted by Gasteiger charge is -2.39. The highest BCUT2D eigenvalue weighted by molar-refractivity contribution is 6.25. The van der Waals surface area contributed by atoms with Gasteiger partial charge in [-0.2, -0.15) is 0 Å². The summed E-state index contributed by atoms with van der Waals surface area (Å²) in [4.78, 5) is 25.0. The predicted molar refractivity (Wildman–Crippen MR) is 106 cm³/mol. The van der Waals surface area contributed by atoms with Gasteiger partial charge in [-0.3, -0.25) is 9.59 Å². The van der Waals surface area contributed by atoms with Crippen molar-refractivity contribution in [2.75, 3.05) is 0 Å². The Kier molecular flexibility index (Phi) is 5.47. The zero-order valence-electron chi connectivity index (χ0n) is 16.1. The number of benzene rings is 1. The summed E-state index contributed by atoms with van der Waals surface area (Å²) in [6, 6.07) is 6.80. The molecule has 4 rings (SSSR count). The molecule has 3 aliphatic rings. The average molecular weight is 367 g/mol. The first-order valence-electron chi connectivity index (χ1n) is 10.8. The molecule has 3 aliphatic carbocycles. The number of aliphatic hydroxyl groups is 1. The van der Waals surface area contributed by atoms with Gasteiger partial charge in [-0.15, -0.1) is 0 Å². The van der Waals surface area contributed by atoms with Gasteiger partial charge in [0.15, 0.2) is 11.5 Å². The Bertz CT molecular complexity index is 761. The second-order valence-corrected chi connectivity index (χ2v) is 8.76. The van der Waals surface area contributed by atoms with E-state index in [0.29, 0.717) is 23.1 Å². The van der Waals surface area contributed by atoms with E-state index in [1.807, 2.05) is 0 Å². The van der Waals surface area contributed by atoms with E-state index in [2.05, 4.69) is 0 Å². The smallest absolute Gasteiger partial charge is 0.228 e. The Hall–Kier alpha value is -1.90. The Morgan fingerprint density at radius 3 is 2.33 bits per heavy atom. The number of aliphatic hydroxyl groups excluding tert-OH is 1. The van der Waals surface area contributed by atoms with Crippen LogP contribution in [-0.4, -0.2) is 16.7 Å². The average Bonchev–Trinajstić information content (AvgIpc) is 2.71. The highest BCUT2D eigenvalue weighted by atomic mass is 16.3. The molecule has 2 saturated carbocycles. The summed E-state index contributed by atoms with van der Waals surface area (Å²) in [5, 5.41) is 10.2. The van der Waals surface area contributed by atoms with E-state index in [4.69, 9.17) is 0 Å². The van der Waals surface area contributed by atoms with Gasteiger partial charge in [0, 0.05) is 16.7 Å². The Morgan fingerprint density at radius 2 is 1.56 bits per heavy atom. The van der Waals surface area contributed by atoms with Gasteiger partial charge in [0.1, 0.15) is 0 Å². The van der Waals surface area contributed by atoms with Gasteiger partial charge in [0.25, 0.3) is 0 Å². The number of rotatable bonds is 5. The Morgan fingerprint density at radius 1 is 0.852 bits per heavy atom. The lowest BCUT2D eigenvalue weighted by Crippen LogP contribution is -2.27. The fraction of sp³-hybridized carbons (Fsp3) is 0.583. The number of unbranched alkanes of at least 4 members (excludes halogenated alkanes) is 1. The monoisotopic (exact) mass is 366 g/mol. The first kappa shape index (κ1) is 18.5. The van der Waals surface area contributed by atoms with Crippen molar-refractivity contribution < 1.29 is 14.7 Å². The fourth-order valence-corrected chi connectivity index (χ4v) is 5.61. The lowest BCUT2D eigenvalue weighted by molar-refractivity contribution is 0.0925. The zero-order chi connectivity index (χ0) is 18.8. The molecular weight excluding hydrogens is 336 g/mol. The first-order chi connectivity index (χ1) is 13.1. The number of hydrogen-bond acceptors (Lipinski definition) is 3. The summed E-state index contributed by atoms with van der Waals surface area (Å²) in [6.45, 7) is 0. The molecular formula is C24H30O3. The van der Waals surface area contributed by atoms with Crippen molar-refractivity contribution in [3.63, 3.8) is 0 Å². The van der Waals surface area contributed by atoms with Gasteiger partial charge in [-0.1, -0.05) is 69.2 Å². The molecule has 0 amide bonds. The van der Waals surface area contributed by atoms with Crippen molar-refractivity contribution in [3.05, 3.63) is 46.7 Å².